The topological polar surface area (TPSA) is 15.3 Å². The second kappa shape index (κ2) is 6.62. The van der Waals surface area contributed by atoms with Gasteiger partial charge < -0.3 is 10.2 Å². The van der Waals surface area contributed by atoms with E-state index in [1.165, 1.54) is 62.9 Å². The van der Waals surface area contributed by atoms with Gasteiger partial charge in [-0.2, -0.15) is 0 Å². The second-order valence-electron chi connectivity index (χ2n) is 6.67. The summed E-state index contributed by atoms with van der Waals surface area (Å²) in [5.74, 6) is 0.898. The van der Waals surface area contributed by atoms with Crippen LogP contribution in [0.15, 0.2) is 24.3 Å². The van der Waals surface area contributed by atoms with E-state index in [4.69, 9.17) is 0 Å². The predicted octanol–water partition coefficient (Wildman–Crippen LogP) is 3.96. The van der Waals surface area contributed by atoms with E-state index < -0.39 is 0 Å². The van der Waals surface area contributed by atoms with Crippen molar-refractivity contribution >= 4 is 5.69 Å². The standard InChI is InChI=1S/C18H28N2/c1-15-7-6-9-17(13-15)19-14-16-8-2-3-10-18(16)20-11-4-5-12-20/h2-3,8,10,15,17,19H,4-7,9,11-14H2,1H3. The monoisotopic (exact) mass is 272 g/mol. The quantitative estimate of drug-likeness (QED) is 0.892. The first-order valence-corrected chi connectivity index (χ1v) is 8.39. The van der Waals surface area contributed by atoms with Crippen LogP contribution in [-0.4, -0.2) is 19.1 Å². The maximum atomic E-state index is 3.81. The Morgan fingerprint density at radius 3 is 2.70 bits per heavy atom. The molecule has 110 valence electrons. The fourth-order valence-corrected chi connectivity index (χ4v) is 3.80. The molecule has 0 aromatic heterocycles. The molecule has 1 aliphatic carbocycles. The van der Waals surface area contributed by atoms with Gasteiger partial charge in [-0.15, -0.1) is 0 Å². The van der Waals surface area contributed by atoms with E-state index in [0.29, 0.717) is 0 Å². The Labute approximate surface area is 123 Å². The molecule has 0 amide bonds. The number of benzene rings is 1. The van der Waals surface area contributed by atoms with Crippen LogP contribution in [0.2, 0.25) is 0 Å². The zero-order chi connectivity index (χ0) is 13.8. The molecule has 1 saturated carbocycles. The van der Waals surface area contributed by atoms with E-state index in [-0.39, 0.29) is 0 Å². The summed E-state index contributed by atoms with van der Waals surface area (Å²) in [4.78, 5) is 2.56. The predicted molar refractivity (Wildman–Crippen MR) is 86.1 cm³/mol. The van der Waals surface area contributed by atoms with Crippen molar-refractivity contribution in [1.29, 1.82) is 0 Å². The number of rotatable bonds is 4. The average molecular weight is 272 g/mol. The molecular formula is C18H28N2. The molecular weight excluding hydrogens is 244 g/mol. The molecule has 2 atom stereocenters. The number of anilines is 1. The SMILES string of the molecule is CC1CCCC(NCc2ccccc2N2CCCC2)C1. The molecule has 20 heavy (non-hydrogen) atoms. The lowest BCUT2D eigenvalue weighted by Crippen LogP contribution is -2.33. The molecule has 2 fully saturated rings. The summed E-state index contributed by atoms with van der Waals surface area (Å²) < 4.78 is 0. The van der Waals surface area contributed by atoms with Crippen molar-refractivity contribution in [1.82, 2.24) is 5.32 Å². The summed E-state index contributed by atoms with van der Waals surface area (Å²) in [6.07, 6.45) is 8.22. The maximum Gasteiger partial charge on any atom is 0.0411 e. The summed E-state index contributed by atoms with van der Waals surface area (Å²) in [6, 6.07) is 9.68. The van der Waals surface area contributed by atoms with Gasteiger partial charge in [0.05, 0.1) is 0 Å². The first kappa shape index (κ1) is 13.9. The normalized spacial score (nSPS) is 26.9. The average Bonchev–Trinajstić information content (AvgIpc) is 3.00. The Kier molecular flexibility index (Phi) is 4.62. The smallest absolute Gasteiger partial charge is 0.0411 e. The molecule has 2 heteroatoms. The Morgan fingerprint density at radius 1 is 1.10 bits per heavy atom. The van der Waals surface area contributed by atoms with Gasteiger partial charge in [0.2, 0.25) is 0 Å². The van der Waals surface area contributed by atoms with E-state index in [0.717, 1.165) is 18.5 Å². The van der Waals surface area contributed by atoms with Crippen LogP contribution in [0.3, 0.4) is 0 Å². The summed E-state index contributed by atoms with van der Waals surface area (Å²) in [5, 5.41) is 3.81. The number of nitrogens with zero attached hydrogens (tertiary/aromatic N) is 1. The van der Waals surface area contributed by atoms with Crippen molar-refractivity contribution in [2.45, 2.75) is 58.0 Å². The number of hydrogen-bond acceptors (Lipinski definition) is 2. The summed E-state index contributed by atoms with van der Waals surface area (Å²) in [6.45, 7) is 5.89. The first-order valence-electron chi connectivity index (χ1n) is 8.39. The van der Waals surface area contributed by atoms with Crippen molar-refractivity contribution < 1.29 is 0 Å². The molecule has 2 nitrogen and oxygen atoms in total. The molecule has 3 rings (SSSR count). The largest absolute Gasteiger partial charge is 0.371 e. The van der Waals surface area contributed by atoms with E-state index in [1.807, 2.05) is 0 Å². The minimum atomic E-state index is 0.727. The molecule has 0 bridgehead atoms. The third-order valence-electron chi connectivity index (χ3n) is 4.96. The van der Waals surface area contributed by atoms with Crippen molar-refractivity contribution in [2.75, 3.05) is 18.0 Å². The Bertz CT molecular complexity index is 423. The van der Waals surface area contributed by atoms with Gasteiger partial charge >= 0.3 is 0 Å². The lowest BCUT2D eigenvalue weighted by molar-refractivity contribution is 0.300. The van der Waals surface area contributed by atoms with Gasteiger partial charge in [0, 0.05) is 31.4 Å². The van der Waals surface area contributed by atoms with Gasteiger partial charge in [0.15, 0.2) is 0 Å². The van der Waals surface area contributed by atoms with E-state index in [9.17, 15) is 0 Å². The molecule has 1 saturated heterocycles. The number of nitrogens with one attached hydrogen (secondary N) is 1. The van der Waals surface area contributed by atoms with Gasteiger partial charge in [0.25, 0.3) is 0 Å². The van der Waals surface area contributed by atoms with Gasteiger partial charge in [-0.3, -0.25) is 0 Å². The van der Waals surface area contributed by atoms with Crippen molar-refractivity contribution in [3.8, 4) is 0 Å². The van der Waals surface area contributed by atoms with Crippen LogP contribution >= 0.6 is 0 Å². The van der Waals surface area contributed by atoms with Crippen molar-refractivity contribution in [2.24, 2.45) is 5.92 Å². The summed E-state index contributed by atoms with van der Waals surface area (Å²) in [7, 11) is 0. The molecule has 1 N–H and O–H groups in total. The second-order valence-corrected chi connectivity index (χ2v) is 6.67. The third-order valence-corrected chi connectivity index (χ3v) is 4.96. The van der Waals surface area contributed by atoms with Crippen molar-refractivity contribution in [3.05, 3.63) is 29.8 Å². The molecule has 1 heterocycles. The van der Waals surface area contributed by atoms with E-state index in [1.54, 1.807) is 0 Å². The molecule has 0 spiro atoms. The van der Waals surface area contributed by atoms with Gasteiger partial charge in [0.1, 0.15) is 0 Å². The zero-order valence-corrected chi connectivity index (χ0v) is 12.8. The first-order chi connectivity index (χ1) is 9.83. The summed E-state index contributed by atoms with van der Waals surface area (Å²) in [5.41, 5.74) is 2.94. The summed E-state index contributed by atoms with van der Waals surface area (Å²) >= 11 is 0. The van der Waals surface area contributed by atoms with E-state index in [2.05, 4.69) is 41.4 Å². The lowest BCUT2D eigenvalue weighted by Gasteiger charge is -2.28. The van der Waals surface area contributed by atoms with Crippen LogP contribution in [0.5, 0.6) is 0 Å². The minimum Gasteiger partial charge on any atom is -0.371 e. The number of hydrogen-bond donors (Lipinski definition) is 1. The molecule has 2 unspecified atom stereocenters. The van der Waals surface area contributed by atoms with Crippen LogP contribution in [0.4, 0.5) is 5.69 Å². The number of para-hydroxylation sites is 1. The van der Waals surface area contributed by atoms with E-state index >= 15 is 0 Å². The molecule has 0 radical (unpaired) electrons. The highest BCUT2D eigenvalue weighted by Gasteiger charge is 2.19. The maximum absolute atomic E-state index is 3.81. The molecule has 1 aromatic rings. The fraction of sp³-hybridized carbons (Fsp3) is 0.667. The van der Waals surface area contributed by atoms with Crippen LogP contribution in [0, 0.1) is 5.92 Å². The third kappa shape index (κ3) is 3.35. The molecule has 2 aliphatic rings. The van der Waals surface area contributed by atoms with Crippen LogP contribution in [0.1, 0.15) is 51.0 Å². The molecule has 1 aromatic carbocycles. The zero-order valence-electron chi connectivity index (χ0n) is 12.8. The van der Waals surface area contributed by atoms with Gasteiger partial charge in [-0.05, 0) is 43.2 Å². The van der Waals surface area contributed by atoms with Gasteiger partial charge in [-0.1, -0.05) is 38.0 Å². The molecule has 1 aliphatic heterocycles. The fourth-order valence-electron chi connectivity index (χ4n) is 3.80. The van der Waals surface area contributed by atoms with Gasteiger partial charge in [-0.25, -0.2) is 0 Å². The Hall–Kier alpha value is -1.02. The Morgan fingerprint density at radius 2 is 1.90 bits per heavy atom. The van der Waals surface area contributed by atoms with Crippen molar-refractivity contribution in [3.63, 3.8) is 0 Å². The highest BCUT2D eigenvalue weighted by atomic mass is 15.1. The van der Waals surface area contributed by atoms with Crippen LogP contribution < -0.4 is 10.2 Å². The highest BCUT2D eigenvalue weighted by molar-refractivity contribution is 5.54. The van der Waals surface area contributed by atoms with Crippen LogP contribution in [-0.2, 0) is 6.54 Å². The Balaban J connectivity index is 1.62. The minimum absolute atomic E-state index is 0.727. The van der Waals surface area contributed by atoms with Crippen LogP contribution in [0.25, 0.3) is 0 Å². The highest BCUT2D eigenvalue weighted by Crippen LogP contribution is 2.26. The lowest BCUT2D eigenvalue weighted by atomic mass is 9.87.